The molecule has 1 N–H and O–H groups in total. The lowest BCUT2D eigenvalue weighted by molar-refractivity contribution is -0.383. The van der Waals surface area contributed by atoms with Gasteiger partial charge < -0.3 is 15.0 Å². The Balaban J connectivity index is 3.16. The van der Waals surface area contributed by atoms with Crippen LogP contribution in [-0.4, -0.2) is 48.7 Å². The normalized spacial score (nSPS) is 10.2. The maximum absolute atomic E-state index is 11.1. The summed E-state index contributed by atoms with van der Waals surface area (Å²) in [5.74, 6) is 0.514. The van der Waals surface area contributed by atoms with E-state index in [0.29, 0.717) is 25.5 Å². The van der Waals surface area contributed by atoms with Gasteiger partial charge in [0.1, 0.15) is 6.33 Å². The predicted molar refractivity (Wildman–Crippen MR) is 68.0 cm³/mol. The molecule has 0 bridgehead atoms. The van der Waals surface area contributed by atoms with Crippen molar-refractivity contribution in [3.63, 3.8) is 0 Å². The first-order valence-electron chi connectivity index (χ1n) is 5.56. The minimum Gasteiger partial charge on any atom is -0.383 e. The molecule has 0 aliphatic carbocycles. The third-order valence-corrected chi connectivity index (χ3v) is 2.47. The fourth-order valence-corrected chi connectivity index (χ4v) is 1.57. The Morgan fingerprint density at radius 2 is 2.28 bits per heavy atom. The molecule has 1 aromatic rings. The minimum absolute atomic E-state index is 0.113. The maximum atomic E-state index is 11.1. The van der Waals surface area contributed by atoms with Crippen LogP contribution < -0.4 is 10.2 Å². The number of anilines is 2. The summed E-state index contributed by atoms with van der Waals surface area (Å²) < 4.78 is 4.98. The van der Waals surface area contributed by atoms with Crippen molar-refractivity contribution < 1.29 is 9.66 Å². The van der Waals surface area contributed by atoms with E-state index in [0.717, 1.165) is 0 Å². The van der Waals surface area contributed by atoms with E-state index in [-0.39, 0.29) is 11.5 Å². The summed E-state index contributed by atoms with van der Waals surface area (Å²) >= 11 is 0. The molecule has 0 amide bonds. The second kappa shape index (κ2) is 6.70. The van der Waals surface area contributed by atoms with Crippen LogP contribution in [0.1, 0.15) is 6.92 Å². The summed E-state index contributed by atoms with van der Waals surface area (Å²) in [6.45, 7) is 3.52. The van der Waals surface area contributed by atoms with E-state index >= 15 is 0 Å². The SMILES string of the molecule is CCN(CCOC)c1ncnc(NC)c1[N+](=O)[O-]. The highest BCUT2D eigenvalue weighted by molar-refractivity contribution is 5.70. The number of hydrogen-bond acceptors (Lipinski definition) is 7. The predicted octanol–water partition coefficient (Wildman–Crippen LogP) is 0.899. The second-order valence-corrected chi connectivity index (χ2v) is 3.47. The second-order valence-electron chi connectivity index (χ2n) is 3.47. The summed E-state index contributed by atoms with van der Waals surface area (Å²) in [7, 11) is 3.17. The zero-order valence-corrected chi connectivity index (χ0v) is 10.7. The maximum Gasteiger partial charge on any atom is 0.353 e. The number of rotatable bonds is 7. The van der Waals surface area contributed by atoms with Crippen LogP contribution in [-0.2, 0) is 4.74 Å². The molecule has 0 atom stereocenters. The van der Waals surface area contributed by atoms with Crippen molar-refractivity contribution >= 4 is 17.3 Å². The average molecular weight is 255 g/mol. The van der Waals surface area contributed by atoms with Gasteiger partial charge in [0.25, 0.3) is 0 Å². The Labute approximate surface area is 105 Å². The van der Waals surface area contributed by atoms with Gasteiger partial charge >= 0.3 is 5.69 Å². The zero-order valence-electron chi connectivity index (χ0n) is 10.7. The highest BCUT2D eigenvalue weighted by Crippen LogP contribution is 2.30. The van der Waals surface area contributed by atoms with E-state index in [1.807, 2.05) is 6.92 Å². The summed E-state index contributed by atoms with van der Waals surface area (Å²) in [5.41, 5.74) is -0.113. The smallest absolute Gasteiger partial charge is 0.353 e. The van der Waals surface area contributed by atoms with Crippen LogP contribution in [0, 0.1) is 10.1 Å². The van der Waals surface area contributed by atoms with Crippen LogP contribution >= 0.6 is 0 Å². The van der Waals surface area contributed by atoms with Gasteiger partial charge in [-0.1, -0.05) is 0 Å². The molecule has 1 heterocycles. The molecule has 8 heteroatoms. The van der Waals surface area contributed by atoms with E-state index in [4.69, 9.17) is 4.74 Å². The van der Waals surface area contributed by atoms with Gasteiger partial charge in [0.2, 0.25) is 11.6 Å². The first-order chi connectivity index (χ1) is 8.65. The van der Waals surface area contributed by atoms with E-state index in [9.17, 15) is 10.1 Å². The molecule has 0 saturated heterocycles. The number of likely N-dealkylation sites (N-methyl/N-ethyl adjacent to an activating group) is 1. The molecule has 0 spiro atoms. The number of methoxy groups -OCH3 is 1. The molecule has 8 nitrogen and oxygen atoms in total. The van der Waals surface area contributed by atoms with Crippen molar-refractivity contribution in [2.75, 3.05) is 44.1 Å². The molecule has 1 aromatic heterocycles. The fraction of sp³-hybridized carbons (Fsp3) is 0.600. The topological polar surface area (TPSA) is 93.4 Å². The molecule has 0 aromatic carbocycles. The summed E-state index contributed by atoms with van der Waals surface area (Å²) in [6, 6.07) is 0. The van der Waals surface area contributed by atoms with Gasteiger partial charge in [-0.15, -0.1) is 0 Å². The van der Waals surface area contributed by atoms with Gasteiger partial charge in [-0.25, -0.2) is 9.97 Å². The Morgan fingerprint density at radius 3 is 2.78 bits per heavy atom. The minimum atomic E-state index is -0.476. The van der Waals surface area contributed by atoms with Gasteiger partial charge in [-0.05, 0) is 6.92 Å². The fourth-order valence-electron chi connectivity index (χ4n) is 1.57. The van der Waals surface area contributed by atoms with Crippen molar-refractivity contribution in [3.05, 3.63) is 16.4 Å². The zero-order chi connectivity index (χ0) is 13.5. The van der Waals surface area contributed by atoms with Crippen LogP contribution in [0.4, 0.5) is 17.3 Å². The highest BCUT2D eigenvalue weighted by Gasteiger charge is 2.25. The standard InChI is InChI=1S/C10H17N5O3/c1-4-14(5-6-18-3)10-8(15(16)17)9(11-2)12-7-13-10/h7H,4-6H2,1-3H3,(H,11,12,13). The van der Waals surface area contributed by atoms with Gasteiger partial charge in [0, 0.05) is 27.2 Å². The Bertz CT molecular complexity index is 412. The van der Waals surface area contributed by atoms with Crippen molar-refractivity contribution in [1.82, 2.24) is 9.97 Å². The largest absolute Gasteiger partial charge is 0.383 e. The quantitative estimate of drug-likeness (QED) is 0.571. The van der Waals surface area contributed by atoms with E-state index in [2.05, 4.69) is 15.3 Å². The molecular formula is C10H17N5O3. The first kappa shape index (κ1) is 14.1. The monoisotopic (exact) mass is 255 g/mol. The Morgan fingerprint density at radius 1 is 1.56 bits per heavy atom. The first-order valence-corrected chi connectivity index (χ1v) is 5.56. The van der Waals surface area contributed by atoms with Gasteiger partial charge in [0.15, 0.2) is 0 Å². The van der Waals surface area contributed by atoms with E-state index in [1.54, 1.807) is 19.1 Å². The summed E-state index contributed by atoms with van der Waals surface area (Å²) in [4.78, 5) is 20.3. The van der Waals surface area contributed by atoms with E-state index in [1.165, 1.54) is 6.33 Å². The molecule has 1 rings (SSSR count). The third kappa shape index (κ3) is 3.04. The molecule has 100 valence electrons. The van der Waals surface area contributed by atoms with E-state index < -0.39 is 4.92 Å². The Kier molecular flexibility index (Phi) is 5.25. The highest BCUT2D eigenvalue weighted by atomic mass is 16.6. The number of nitrogens with one attached hydrogen (secondary N) is 1. The molecule has 0 fully saturated rings. The summed E-state index contributed by atoms with van der Waals surface area (Å²) in [6.07, 6.45) is 1.31. The number of nitrogens with zero attached hydrogens (tertiary/aromatic N) is 4. The van der Waals surface area contributed by atoms with Crippen molar-refractivity contribution in [3.8, 4) is 0 Å². The van der Waals surface area contributed by atoms with Gasteiger partial charge in [0.05, 0.1) is 11.5 Å². The van der Waals surface area contributed by atoms with Gasteiger partial charge in [-0.3, -0.25) is 10.1 Å². The lowest BCUT2D eigenvalue weighted by atomic mass is 10.3. The molecule has 0 aliphatic heterocycles. The molecule has 0 unspecified atom stereocenters. The Hall–Kier alpha value is -1.96. The molecular weight excluding hydrogens is 238 g/mol. The van der Waals surface area contributed by atoms with Crippen molar-refractivity contribution in [2.24, 2.45) is 0 Å². The number of hydrogen-bond donors (Lipinski definition) is 1. The average Bonchev–Trinajstić information content (AvgIpc) is 2.38. The molecule has 0 saturated carbocycles. The lowest BCUT2D eigenvalue weighted by Gasteiger charge is -2.21. The summed E-state index contributed by atoms with van der Waals surface area (Å²) in [5, 5.41) is 13.8. The third-order valence-electron chi connectivity index (χ3n) is 2.47. The van der Waals surface area contributed by atoms with Crippen LogP contribution in [0.15, 0.2) is 6.33 Å². The lowest BCUT2D eigenvalue weighted by Crippen LogP contribution is -2.28. The number of aromatic nitrogens is 2. The molecule has 18 heavy (non-hydrogen) atoms. The van der Waals surface area contributed by atoms with Crippen molar-refractivity contribution in [2.45, 2.75) is 6.92 Å². The number of nitro groups is 1. The molecule has 0 aliphatic rings. The van der Waals surface area contributed by atoms with Crippen LogP contribution in [0.5, 0.6) is 0 Å². The van der Waals surface area contributed by atoms with Gasteiger partial charge in [-0.2, -0.15) is 0 Å². The van der Waals surface area contributed by atoms with Crippen LogP contribution in [0.25, 0.3) is 0 Å². The van der Waals surface area contributed by atoms with Crippen LogP contribution in [0.2, 0.25) is 0 Å². The molecule has 0 radical (unpaired) electrons. The number of ether oxygens (including phenoxy) is 1. The van der Waals surface area contributed by atoms with Crippen molar-refractivity contribution in [1.29, 1.82) is 0 Å². The van der Waals surface area contributed by atoms with Crippen LogP contribution in [0.3, 0.4) is 0 Å².